The summed E-state index contributed by atoms with van der Waals surface area (Å²) in [4.78, 5) is 16.9. The van der Waals surface area contributed by atoms with E-state index in [0.717, 1.165) is 27.5 Å². The van der Waals surface area contributed by atoms with Crippen LogP contribution in [0.25, 0.3) is 21.8 Å². The molecule has 1 amide bonds. The monoisotopic (exact) mass is 400 g/mol. The summed E-state index contributed by atoms with van der Waals surface area (Å²) in [5, 5.41) is 5.91. The molecule has 4 rings (SSSR count). The fraction of sp³-hybridized carbons (Fsp3) is 0.0833. The van der Waals surface area contributed by atoms with Gasteiger partial charge in [0.15, 0.2) is 6.61 Å². The van der Waals surface area contributed by atoms with E-state index >= 15 is 0 Å². The molecule has 144 valence electrons. The molecule has 0 spiro atoms. The molecule has 4 aromatic rings. The Balaban J connectivity index is 1.39. The summed E-state index contributed by atoms with van der Waals surface area (Å²) in [6.45, 7) is 2.06. The van der Waals surface area contributed by atoms with Crippen LogP contribution in [0, 0.1) is 6.92 Å². The van der Waals surface area contributed by atoms with Crippen molar-refractivity contribution in [2.75, 3.05) is 11.9 Å². The number of nitrogens with one attached hydrogen (secondary N) is 1. The molecule has 1 aromatic heterocycles. The number of rotatable bonds is 6. The van der Waals surface area contributed by atoms with Gasteiger partial charge in [0.25, 0.3) is 5.91 Å². The number of aryl methyl sites for hydroxylation is 1. The molecule has 0 unspecified atom stereocenters. The smallest absolute Gasteiger partial charge is 0.262 e. The summed E-state index contributed by atoms with van der Waals surface area (Å²) in [6.07, 6.45) is 0. The van der Waals surface area contributed by atoms with Crippen LogP contribution in [0.15, 0.2) is 84.2 Å². The van der Waals surface area contributed by atoms with Gasteiger partial charge in [-0.25, -0.2) is 4.98 Å². The largest absolute Gasteiger partial charge is 0.484 e. The van der Waals surface area contributed by atoms with Crippen LogP contribution in [-0.2, 0) is 4.79 Å². The molecule has 3 aromatic carbocycles. The predicted octanol–water partition coefficient (Wildman–Crippen LogP) is 5.80. The van der Waals surface area contributed by atoms with Gasteiger partial charge in [-0.15, -0.1) is 11.3 Å². The van der Waals surface area contributed by atoms with Crippen LogP contribution >= 0.6 is 11.3 Å². The molecular formula is C24H20N2O2S. The van der Waals surface area contributed by atoms with Gasteiger partial charge < -0.3 is 10.1 Å². The Morgan fingerprint density at radius 3 is 2.45 bits per heavy atom. The van der Waals surface area contributed by atoms with E-state index < -0.39 is 0 Å². The molecule has 0 aliphatic heterocycles. The normalized spacial score (nSPS) is 10.5. The van der Waals surface area contributed by atoms with Crippen molar-refractivity contribution in [1.82, 2.24) is 4.98 Å². The van der Waals surface area contributed by atoms with Gasteiger partial charge in [0, 0.05) is 22.2 Å². The van der Waals surface area contributed by atoms with Crippen LogP contribution in [0.2, 0.25) is 0 Å². The van der Waals surface area contributed by atoms with Crippen molar-refractivity contribution in [3.05, 3.63) is 89.8 Å². The molecule has 0 aliphatic carbocycles. The number of thiazole rings is 1. The molecule has 0 bridgehead atoms. The lowest BCUT2D eigenvalue weighted by molar-refractivity contribution is -0.118. The van der Waals surface area contributed by atoms with Crippen LogP contribution in [0.1, 0.15) is 5.56 Å². The number of anilines is 1. The summed E-state index contributed by atoms with van der Waals surface area (Å²) >= 11 is 1.63. The first-order chi connectivity index (χ1) is 14.2. The van der Waals surface area contributed by atoms with Gasteiger partial charge in [-0.2, -0.15) is 0 Å². The van der Waals surface area contributed by atoms with Crippen molar-refractivity contribution in [2.45, 2.75) is 6.92 Å². The molecular weight excluding hydrogens is 380 g/mol. The minimum Gasteiger partial charge on any atom is -0.484 e. The first kappa shape index (κ1) is 18.9. The number of ether oxygens (including phenoxy) is 1. The highest BCUT2D eigenvalue weighted by atomic mass is 32.1. The summed E-state index contributed by atoms with van der Waals surface area (Å²) in [5.74, 6) is 0.475. The maximum absolute atomic E-state index is 12.1. The molecule has 5 heteroatoms. The zero-order valence-corrected chi connectivity index (χ0v) is 16.8. The van der Waals surface area contributed by atoms with Crippen molar-refractivity contribution >= 4 is 22.9 Å². The highest BCUT2D eigenvalue weighted by Gasteiger charge is 2.09. The lowest BCUT2D eigenvalue weighted by Crippen LogP contribution is -2.20. The van der Waals surface area contributed by atoms with E-state index in [0.29, 0.717) is 5.75 Å². The summed E-state index contributed by atoms with van der Waals surface area (Å²) in [6, 6.07) is 25.2. The van der Waals surface area contributed by atoms with Gasteiger partial charge in [0.2, 0.25) is 0 Å². The maximum atomic E-state index is 12.1. The summed E-state index contributed by atoms with van der Waals surface area (Å²) in [5.41, 5.74) is 5.04. The third-order valence-corrected chi connectivity index (χ3v) is 5.33. The number of amides is 1. The second-order valence-electron chi connectivity index (χ2n) is 6.58. The van der Waals surface area contributed by atoms with E-state index in [4.69, 9.17) is 9.72 Å². The molecule has 0 atom stereocenters. The summed E-state index contributed by atoms with van der Waals surface area (Å²) < 4.78 is 5.47. The molecule has 0 saturated carbocycles. The first-order valence-electron chi connectivity index (χ1n) is 9.29. The molecule has 0 aliphatic rings. The fourth-order valence-corrected chi connectivity index (χ4v) is 3.85. The molecule has 0 fully saturated rings. The second kappa shape index (κ2) is 8.71. The number of carbonyl (C=O) groups excluding carboxylic acids is 1. The SMILES string of the molecule is Cc1ccccc1-c1nc(-c2ccc(NC(=O)COc3ccccc3)cc2)cs1. The van der Waals surface area contributed by atoms with Crippen molar-refractivity contribution in [3.63, 3.8) is 0 Å². The van der Waals surface area contributed by atoms with E-state index in [1.54, 1.807) is 11.3 Å². The number of nitrogens with zero attached hydrogens (tertiary/aromatic N) is 1. The lowest BCUT2D eigenvalue weighted by atomic mass is 10.1. The number of para-hydroxylation sites is 1. The Morgan fingerprint density at radius 2 is 1.69 bits per heavy atom. The van der Waals surface area contributed by atoms with Crippen LogP contribution in [0.3, 0.4) is 0 Å². The fourth-order valence-electron chi connectivity index (χ4n) is 2.93. The lowest BCUT2D eigenvalue weighted by Gasteiger charge is -2.08. The van der Waals surface area contributed by atoms with Crippen molar-refractivity contribution < 1.29 is 9.53 Å². The number of hydrogen-bond acceptors (Lipinski definition) is 4. The van der Waals surface area contributed by atoms with Crippen molar-refractivity contribution in [1.29, 1.82) is 0 Å². The molecule has 1 N–H and O–H groups in total. The third-order valence-electron chi connectivity index (χ3n) is 4.46. The van der Waals surface area contributed by atoms with Crippen LogP contribution < -0.4 is 10.1 Å². The second-order valence-corrected chi connectivity index (χ2v) is 7.44. The maximum Gasteiger partial charge on any atom is 0.262 e. The topological polar surface area (TPSA) is 51.2 Å². The van der Waals surface area contributed by atoms with Gasteiger partial charge >= 0.3 is 0 Å². The standard InChI is InChI=1S/C24H20N2O2S/c1-17-7-5-6-10-21(17)24-26-22(16-29-24)18-11-13-19(14-12-18)25-23(27)15-28-20-8-3-2-4-9-20/h2-14,16H,15H2,1H3,(H,25,27). The Labute approximate surface area is 173 Å². The highest BCUT2D eigenvalue weighted by molar-refractivity contribution is 7.13. The molecule has 0 radical (unpaired) electrons. The van der Waals surface area contributed by atoms with Gasteiger partial charge in [0.05, 0.1) is 5.69 Å². The zero-order chi connectivity index (χ0) is 20.1. The number of aromatic nitrogens is 1. The first-order valence-corrected chi connectivity index (χ1v) is 10.2. The van der Waals surface area contributed by atoms with E-state index in [1.165, 1.54) is 5.56 Å². The van der Waals surface area contributed by atoms with Gasteiger partial charge in [-0.05, 0) is 36.8 Å². The van der Waals surface area contributed by atoms with Crippen LogP contribution in [0.5, 0.6) is 5.75 Å². The minimum absolute atomic E-state index is 0.0301. The quantitative estimate of drug-likeness (QED) is 0.445. The Morgan fingerprint density at radius 1 is 0.966 bits per heavy atom. The van der Waals surface area contributed by atoms with E-state index in [2.05, 4.69) is 29.8 Å². The molecule has 4 nitrogen and oxygen atoms in total. The molecule has 29 heavy (non-hydrogen) atoms. The van der Waals surface area contributed by atoms with Gasteiger partial charge in [-0.3, -0.25) is 4.79 Å². The molecule has 0 saturated heterocycles. The van der Waals surface area contributed by atoms with Gasteiger partial charge in [0.1, 0.15) is 10.8 Å². The van der Waals surface area contributed by atoms with E-state index in [9.17, 15) is 4.79 Å². The Kier molecular flexibility index (Phi) is 5.68. The Bertz CT molecular complexity index is 1110. The van der Waals surface area contributed by atoms with Crippen molar-refractivity contribution in [2.24, 2.45) is 0 Å². The number of benzene rings is 3. The molecule has 1 heterocycles. The average molecular weight is 401 g/mol. The zero-order valence-electron chi connectivity index (χ0n) is 16.0. The third kappa shape index (κ3) is 4.70. The Hall–Kier alpha value is -3.44. The van der Waals surface area contributed by atoms with Crippen LogP contribution in [0.4, 0.5) is 5.69 Å². The van der Waals surface area contributed by atoms with E-state index in [-0.39, 0.29) is 12.5 Å². The van der Waals surface area contributed by atoms with Crippen LogP contribution in [-0.4, -0.2) is 17.5 Å². The van der Waals surface area contributed by atoms with Gasteiger partial charge in [-0.1, -0.05) is 54.6 Å². The van der Waals surface area contributed by atoms with Crippen molar-refractivity contribution in [3.8, 4) is 27.6 Å². The summed E-state index contributed by atoms with van der Waals surface area (Å²) in [7, 11) is 0. The number of hydrogen-bond donors (Lipinski definition) is 1. The highest BCUT2D eigenvalue weighted by Crippen LogP contribution is 2.31. The predicted molar refractivity (Wildman–Crippen MR) is 118 cm³/mol. The minimum atomic E-state index is -0.197. The van der Waals surface area contributed by atoms with E-state index in [1.807, 2.05) is 66.7 Å². The number of carbonyl (C=O) groups is 1. The average Bonchev–Trinajstić information content (AvgIpc) is 3.24.